The van der Waals surface area contributed by atoms with Gasteiger partial charge in [-0.25, -0.2) is 0 Å². The van der Waals surface area contributed by atoms with Crippen molar-refractivity contribution in [1.29, 1.82) is 0 Å². The molecular formula is C25H34N2O2. The number of para-hydroxylation sites is 1. The summed E-state index contributed by atoms with van der Waals surface area (Å²) in [6.45, 7) is 4.75. The number of hydrogen-bond acceptors (Lipinski definition) is 4. The Bertz CT molecular complexity index is 814. The Morgan fingerprint density at radius 3 is 2.41 bits per heavy atom. The maximum absolute atomic E-state index is 5.49. The van der Waals surface area contributed by atoms with Gasteiger partial charge >= 0.3 is 0 Å². The van der Waals surface area contributed by atoms with Gasteiger partial charge in [-0.05, 0) is 86.5 Å². The van der Waals surface area contributed by atoms with Gasteiger partial charge in [0.1, 0.15) is 0 Å². The lowest BCUT2D eigenvalue weighted by atomic mass is 9.86. The van der Waals surface area contributed by atoms with Crippen molar-refractivity contribution in [2.24, 2.45) is 0 Å². The van der Waals surface area contributed by atoms with E-state index in [0.717, 1.165) is 11.5 Å². The van der Waals surface area contributed by atoms with E-state index in [-0.39, 0.29) is 0 Å². The smallest absolute Gasteiger partial charge is 0.160 e. The first-order chi connectivity index (χ1) is 14.2. The molecule has 0 saturated carbocycles. The molecule has 1 unspecified atom stereocenters. The van der Waals surface area contributed by atoms with Crippen LogP contribution in [0.2, 0.25) is 0 Å². The number of ether oxygens (including phenoxy) is 2. The Morgan fingerprint density at radius 1 is 0.897 bits per heavy atom. The van der Waals surface area contributed by atoms with Crippen LogP contribution in [-0.2, 0) is 0 Å². The zero-order valence-electron chi connectivity index (χ0n) is 18.1. The lowest BCUT2D eigenvalue weighted by molar-refractivity contribution is 0.204. The number of methoxy groups -OCH3 is 2. The van der Waals surface area contributed by atoms with Crippen molar-refractivity contribution >= 4 is 5.69 Å². The third kappa shape index (κ3) is 4.37. The van der Waals surface area contributed by atoms with E-state index in [1.165, 1.54) is 63.1 Å². The second kappa shape index (κ2) is 9.08. The summed E-state index contributed by atoms with van der Waals surface area (Å²) in [4.78, 5) is 5.07. The highest BCUT2D eigenvalue weighted by atomic mass is 16.5. The van der Waals surface area contributed by atoms with Crippen molar-refractivity contribution in [3.63, 3.8) is 0 Å². The Morgan fingerprint density at radius 2 is 1.66 bits per heavy atom. The van der Waals surface area contributed by atoms with E-state index in [9.17, 15) is 0 Å². The van der Waals surface area contributed by atoms with Crippen LogP contribution in [-0.4, -0.2) is 52.3 Å². The summed E-state index contributed by atoms with van der Waals surface area (Å²) in [6.07, 6.45) is 4.99. The molecule has 2 heterocycles. The number of anilines is 1. The van der Waals surface area contributed by atoms with Crippen LogP contribution in [0.5, 0.6) is 11.5 Å². The SMILES string of the molecule is COc1ccc(C2CCN(CCC3CCN(C)c4ccccc43)CC2)cc1OC. The molecule has 0 aromatic heterocycles. The van der Waals surface area contributed by atoms with Gasteiger partial charge in [-0.15, -0.1) is 0 Å². The third-order valence-electron chi connectivity index (χ3n) is 6.86. The van der Waals surface area contributed by atoms with Crippen molar-refractivity contribution in [1.82, 2.24) is 4.90 Å². The molecule has 0 amide bonds. The molecule has 0 bridgehead atoms. The fraction of sp³-hybridized carbons (Fsp3) is 0.520. The number of fused-ring (bicyclic) bond motifs is 1. The Hall–Kier alpha value is -2.20. The highest BCUT2D eigenvalue weighted by Gasteiger charge is 2.25. The Kier molecular flexibility index (Phi) is 6.29. The monoisotopic (exact) mass is 394 g/mol. The number of rotatable bonds is 6. The molecule has 2 aliphatic heterocycles. The van der Waals surface area contributed by atoms with Crippen molar-refractivity contribution < 1.29 is 9.47 Å². The van der Waals surface area contributed by atoms with Gasteiger partial charge in [-0.2, -0.15) is 0 Å². The van der Waals surface area contributed by atoms with Gasteiger partial charge in [0.15, 0.2) is 11.5 Å². The summed E-state index contributed by atoms with van der Waals surface area (Å²) in [5.74, 6) is 2.97. The van der Waals surface area contributed by atoms with Gasteiger partial charge in [-0.3, -0.25) is 0 Å². The molecule has 0 radical (unpaired) electrons. The summed E-state index contributed by atoms with van der Waals surface area (Å²) in [6, 6.07) is 15.4. The van der Waals surface area contributed by atoms with Crippen LogP contribution in [0.25, 0.3) is 0 Å². The standard InChI is InChI=1S/C25H34N2O2/c1-26-14-10-20(22-6-4-5-7-23(22)26)13-17-27-15-11-19(12-16-27)21-8-9-24(28-2)25(18-21)29-3/h4-9,18-20H,10-17H2,1-3H3. The molecule has 0 spiro atoms. The molecule has 2 aliphatic rings. The molecule has 4 heteroatoms. The minimum Gasteiger partial charge on any atom is -0.493 e. The second-order valence-corrected chi connectivity index (χ2v) is 8.48. The van der Waals surface area contributed by atoms with Crippen molar-refractivity contribution in [2.45, 2.75) is 37.5 Å². The fourth-order valence-corrected chi connectivity index (χ4v) is 5.04. The van der Waals surface area contributed by atoms with E-state index in [0.29, 0.717) is 11.8 Å². The molecule has 1 saturated heterocycles. The predicted octanol–water partition coefficient (Wildman–Crippen LogP) is 4.90. The first-order valence-electron chi connectivity index (χ1n) is 10.9. The normalized spacial score (nSPS) is 20.4. The topological polar surface area (TPSA) is 24.9 Å². The van der Waals surface area contributed by atoms with Gasteiger partial charge in [0.25, 0.3) is 0 Å². The minimum absolute atomic E-state index is 0.620. The quantitative estimate of drug-likeness (QED) is 0.696. The molecule has 0 aliphatic carbocycles. The van der Waals surface area contributed by atoms with Crippen molar-refractivity contribution in [3.05, 3.63) is 53.6 Å². The van der Waals surface area contributed by atoms with Crippen molar-refractivity contribution in [2.75, 3.05) is 52.3 Å². The molecule has 2 aromatic rings. The van der Waals surface area contributed by atoms with Crippen LogP contribution in [0.4, 0.5) is 5.69 Å². The van der Waals surface area contributed by atoms with Crippen LogP contribution in [0.15, 0.2) is 42.5 Å². The molecule has 4 nitrogen and oxygen atoms in total. The Balaban J connectivity index is 1.31. The van der Waals surface area contributed by atoms with E-state index >= 15 is 0 Å². The van der Waals surface area contributed by atoms with E-state index in [1.807, 2.05) is 6.07 Å². The molecule has 156 valence electrons. The third-order valence-corrected chi connectivity index (χ3v) is 6.86. The molecule has 2 aromatic carbocycles. The van der Waals surface area contributed by atoms with Crippen LogP contribution in [0, 0.1) is 0 Å². The van der Waals surface area contributed by atoms with Gasteiger partial charge in [0, 0.05) is 19.3 Å². The summed E-state index contributed by atoms with van der Waals surface area (Å²) in [5.41, 5.74) is 4.35. The second-order valence-electron chi connectivity index (χ2n) is 8.48. The van der Waals surface area contributed by atoms with Gasteiger partial charge in [0.05, 0.1) is 14.2 Å². The number of likely N-dealkylation sites (tertiary alicyclic amines) is 1. The molecule has 1 fully saturated rings. The lowest BCUT2D eigenvalue weighted by Crippen LogP contribution is -2.35. The maximum Gasteiger partial charge on any atom is 0.160 e. The fourth-order valence-electron chi connectivity index (χ4n) is 5.04. The first-order valence-corrected chi connectivity index (χ1v) is 10.9. The molecule has 4 rings (SSSR count). The molecular weight excluding hydrogens is 360 g/mol. The average Bonchev–Trinajstić information content (AvgIpc) is 2.79. The number of hydrogen-bond donors (Lipinski definition) is 0. The average molecular weight is 395 g/mol. The van der Waals surface area contributed by atoms with E-state index in [1.54, 1.807) is 19.8 Å². The first kappa shape index (κ1) is 20.1. The highest BCUT2D eigenvalue weighted by Crippen LogP contribution is 2.38. The molecule has 0 N–H and O–H groups in total. The van der Waals surface area contributed by atoms with E-state index in [2.05, 4.69) is 53.2 Å². The largest absolute Gasteiger partial charge is 0.493 e. The number of nitrogens with zero attached hydrogens (tertiary/aromatic N) is 2. The highest BCUT2D eigenvalue weighted by molar-refractivity contribution is 5.56. The lowest BCUT2D eigenvalue weighted by Gasteiger charge is -2.36. The van der Waals surface area contributed by atoms with Gasteiger partial charge < -0.3 is 19.3 Å². The number of piperidine rings is 1. The zero-order chi connectivity index (χ0) is 20.2. The van der Waals surface area contributed by atoms with Gasteiger partial charge in [-0.1, -0.05) is 24.3 Å². The van der Waals surface area contributed by atoms with E-state index < -0.39 is 0 Å². The summed E-state index contributed by atoms with van der Waals surface area (Å²) >= 11 is 0. The Labute approximate surface area is 175 Å². The van der Waals surface area contributed by atoms with Crippen LogP contribution >= 0.6 is 0 Å². The molecule has 29 heavy (non-hydrogen) atoms. The van der Waals surface area contributed by atoms with Crippen LogP contribution in [0.1, 0.15) is 48.6 Å². The van der Waals surface area contributed by atoms with Crippen LogP contribution in [0.3, 0.4) is 0 Å². The van der Waals surface area contributed by atoms with E-state index in [4.69, 9.17) is 9.47 Å². The van der Waals surface area contributed by atoms with Crippen LogP contribution < -0.4 is 14.4 Å². The maximum atomic E-state index is 5.49. The van der Waals surface area contributed by atoms with Gasteiger partial charge in [0.2, 0.25) is 0 Å². The summed E-state index contributed by atoms with van der Waals surface area (Å²) < 4.78 is 10.9. The zero-order valence-corrected chi connectivity index (χ0v) is 18.1. The predicted molar refractivity (Wildman–Crippen MR) is 120 cm³/mol. The summed E-state index contributed by atoms with van der Waals surface area (Å²) in [7, 11) is 5.62. The summed E-state index contributed by atoms with van der Waals surface area (Å²) in [5, 5.41) is 0. The van der Waals surface area contributed by atoms with Crippen molar-refractivity contribution in [3.8, 4) is 11.5 Å². The number of benzene rings is 2. The minimum atomic E-state index is 0.620. The molecule has 1 atom stereocenters.